The molecule has 10 nitrogen and oxygen atoms in total. The number of nitrogens with one attached hydrogen (secondary N) is 1. The molecule has 0 radical (unpaired) electrons. The summed E-state index contributed by atoms with van der Waals surface area (Å²) in [7, 11) is 3.61. The van der Waals surface area contributed by atoms with E-state index in [4.69, 9.17) is 21.8 Å². The van der Waals surface area contributed by atoms with Crippen molar-refractivity contribution in [2.24, 2.45) is 0 Å². The van der Waals surface area contributed by atoms with Crippen molar-refractivity contribution in [2.45, 2.75) is 24.5 Å². The highest BCUT2D eigenvalue weighted by Gasteiger charge is 2.36. The first kappa shape index (κ1) is 28.4. The van der Waals surface area contributed by atoms with Crippen molar-refractivity contribution in [2.75, 3.05) is 64.1 Å². The highest BCUT2D eigenvalue weighted by Crippen LogP contribution is 2.43. The van der Waals surface area contributed by atoms with E-state index >= 15 is 4.39 Å². The van der Waals surface area contributed by atoms with Gasteiger partial charge in [-0.15, -0.1) is 0 Å². The summed E-state index contributed by atoms with van der Waals surface area (Å²) in [5, 5.41) is 3.20. The van der Waals surface area contributed by atoms with Crippen molar-refractivity contribution in [1.82, 2.24) is 25.2 Å². The van der Waals surface area contributed by atoms with E-state index < -0.39 is 24.8 Å². The lowest BCUT2D eigenvalue weighted by molar-refractivity contribution is 0.0156. The van der Waals surface area contributed by atoms with Gasteiger partial charge in [0.15, 0.2) is 10.8 Å². The van der Waals surface area contributed by atoms with E-state index in [0.29, 0.717) is 16.2 Å². The second-order valence-corrected chi connectivity index (χ2v) is 11.6. The van der Waals surface area contributed by atoms with Crippen LogP contribution in [0.15, 0.2) is 24.3 Å². The molecule has 14 heteroatoms. The highest BCUT2D eigenvalue weighted by atomic mass is 32.1. The topological polar surface area (TPSA) is 106 Å². The van der Waals surface area contributed by atoms with Crippen LogP contribution in [0.2, 0.25) is 0 Å². The van der Waals surface area contributed by atoms with Gasteiger partial charge in [0, 0.05) is 49.3 Å². The van der Waals surface area contributed by atoms with Crippen LogP contribution in [0.25, 0.3) is 37.1 Å². The molecule has 4 aromatic rings. The number of nitrogen functional groups attached to an aromatic ring is 1. The molecule has 2 aromatic carbocycles. The summed E-state index contributed by atoms with van der Waals surface area (Å²) in [5.74, 6) is -3.76. The number of ether oxygens (including phenoxy) is 2. The number of likely N-dealkylation sites (N-methyl/N-ethyl adjacent to an activating group) is 1. The summed E-state index contributed by atoms with van der Waals surface area (Å²) in [4.78, 5) is 20.4. The van der Waals surface area contributed by atoms with Gasteiger partial charge in [-0.2, -0.15) is 9.97 Å². The first-order chi connectivity index (χ1) is 20.2. The van der Waals surface area contributed by atoms with Crippen molar-refractivity contribution in [3.63, 3.8) is 0 Å². The molecule has 0 saturated carbocycles. The number of hydrogen-bond acceptors (Lipinski definition) is 10. The first-order valence-electron chi connectivity index (χ1n) is 13.4. The number of methoxy groups -OCH3 is 1. The van der Waals surface area contributed by atoms with Crippen molar-refractivity contribution in [1.29, 1.82) is 0 Å². The van der Waals surface area contributed by atoms with Gasteiger partial charge in [-0.1, -0.05) is 23.5 Å². The molecule has 6 rings (SSSR count). The van der Waals surface area contributed by atoms with Crippen LogP contribution in [-0.2, 0) is 4.74 Å². The van der Waals surface area contributed by atoms with E-state index in [2.05, 4.69) is 30.0 Å². The van der Waals surface area contributed by atoms with E-state index in [1.807, 2.05) is 13.1 Å². The zero-order valence-corrected chi connectivity index (χ0v) is 23.8. The van der Waals surface area contributed by atoms with Gasteiger partial charge in [0.1, 0.15) is 23.8 Å². The Bertz CT molecular complexity index is 1690. The molecule has 4 heterocycles. The summed E-state index contributed by atoms with van der Waals surface area (Å²) < 4.78 is 58.3. The average Bonchev–Trinajstić information content (AvgIpc) is 3.47. The second kappa shape index (κ2) is 11.1. The van der Waals surface area contributed by atoms with E-state index in [-0.39, 0.29) is 65.8 Å². The molecular weight excluding hydrogens is 569 g/mol. The molecule has 42 heavy (non-hydrogen) atoms. The molecule has 2 atom stereocenters. The Morgan fingerprint density at radius 2 is 2.10 bits per heavy atom. The van der Waals surface area contributed by atoms with Crippen LogP contribution in [-0.4, -0.2) is 91.4 Å². The Kier molecular flexibility index (Phi) is 7.52. The number of fused-ring (bicyclic) bond motifs is 2. The Balaban J connectivity index is 1.51. The highest BCUT2D eigenvalue weighted by molar-refractivity contribution is 7.22. The van der Waals surface area contributed by atoms with E-state index in [0.717, 1.165) is 17.7 Å². The van der Waals surface area contributed by atoms with Gasteiger partial charge in [0.2, 0.25) is 0 Å². The van der Waals surface area contributed by atoms with Crippen LogP contribution in [0.1, 0.15) is 6.42 Å². The number of halogens is 3. The summed E-state index contributed by atoms with van der Waals surface area (Å²) in [6, 6.07) is 6.55. The molecule has 0 aliphatic carbocycles. The molecule has 0 spiro atoms. The van der Waals surface area contributed by atoms with Gasteiger partial charge in [-0.25, -0.2) is 23.0 Å². The molecule has 2 fully saturated rings. The van der Waals surface area contributed by atoms with Gasteiger partial charge < -0.3 is 25.4 Å². The van der Waals surface area contributed by atoms with Gasteiger partial charge in [0.05, 0.1) is 36.0 Å². The Hall–Kier alpha value is -3.77. The number of aromatic nitrogens is 3. The minimum absolute atomic E-state index is 0.00189. The number of benzene rings is 2. The van der Waals surface area contributed by atoms with Gasteiger partial charge in [-0.05, 0) is 25.6 Å². The third kappa shape index (κ3) is 5.29. The third-order valence-electron chi connectivity index (χ3n) is 7.75. The molecule has 0 bridgehead atoms. The number of nitrogens with zero attached hydrogens (tertiary/aromatic N) is 6. The monoisotopic (exact) mass is 598 g/mol. The average molecular weight is 599 g/mol. The molecule has 2 aliphatic heterocycles. The van der Waals surface area contributed by atoms with Crippen LogP contribution in [0, 0.1) is 12.4 Å². The fourth-order valence-corrected chi connectivity index (χ4v) is 6.40. The Morgan fingerprint density at radius 3 is 2.86 bits per heavy atom. The molecule has 0 unspecified atom stereocenters. The van der Waals surface area contributed by atoms with Crippen molar-refractivity contribution >= 4 is 49.1 Å². The molecule has 3 N–H and O–H groups in total. The standard InChI is InChI=1S/C28H29F3N8O2S/c1-33-19-10-18-24(22(29)21(19)17-5-4-6-20-23(17)35-26(32)42-20)36-27(41-12-15-9-16(40-3)11-38(15)2)37-25(18)39-8-7-34-13-28(30,31)14-39/h4-6,10,15-16,34H,7-9,11-14H2,2-3H3,(H2,32,35)/t15-,16-/m0/s1. The van der Waals surface area contributed by atoms with Crippen LogP contribution in [0.3, 0.4) is 0 Å². The SMILES string of the molecule is [C-]#[N+]c1cc2c(N3CCNCC(F)(F)C3)nc(OC[C@@H]3C[C@H](OC)CN3C)nc2c(F)c1-c1cccc2sc(N)nc12. The Labute approximate surface area is 244 Å². The number of nitrogens with two attached hydrogens (primary N) is 1. The van der Waals surface area contributed by atoms with E-state index in [1.54, 1.807) is 19.2 Å². The predicted octanol–water partition coefficient (Wildman–Crippen LogP) is 4.32. The van der Waals surface area contributed by atoms with Crippen LogP contribution < -0.4 is 20.7 Å². The lowest BCUT2D eigenvalue weighted by atomic mass is 9.99. The fraction of sp³-hybridized carbons (Fsp3) is 0.429. The molecule has 220 valence electrons. The minimum Gasteiger partial charge on any atom is -0.462 e. The number of rotatable bonds is 6. The van der Waals surface area contributed by atoms with E-state index in [9.17, 15) is 8.78 Å². The van der Waals surface area contributed by atoms with Crippen molar-refractivity contribution in [3.8, 4) is 17.1 Å². The van der Waals surface area contributed by atoms with Crippen molar-refractivity contribution in [3.05, 3.63) is 41.5 Å². The maximum atomic E-state index is 16.6. The molecule has 2 aromatic heterocycles. The van der Waals surface area contributed by atoms with Gasteiger partial charge >= 0.3 is 6.01 Å². The molecule has 2 saturated heterocycles. The minimum atomic E-state index is -3.06. The van der Waals surface area contributed by atoms with E-state index in [1.165, 1.54) is 22.3 Å². The summed E-state index contributed by atoms with van der Waals surface area (Å²) in [6.07, 6.45) is 0.781. The normalized spacial score (nSPS) is 21.1. The zero-order chi connectivity index (χ0) is 29.6. The maximum absolute atomic E-state index is 16.6. The number of hydrogen-bond donors (Lipinski definition) is 2. The number of anilines is 2. The third-order valence-corrected chi connectivity index (χ3v) is 8.60. The smallest absolute Gasteiger partial charge is 0.319 e. The lowest BCUT2D eigenvalue weighted by Gasteiger charge is -2.26. The van der Waals surface area contributed by atoms with Crippen LogP contribution in [0.5, 0.6) is 6.01 Å². The fourth-order valence-electron chi connectivity index (χ4n) is 5.64. The van der Waals surface area contributed by atoms with Crippen LogP contribution >= 0.6 is 11.3 Å². The number of alkyl halides is 2. The van der Waals surface area contributed by atoms with Crippen molar-refractivity contribution < 1.29 is 22.6 Å². The second-order valence-electron chi connectivity index (χ2n) is 10.6. The summed E-state index contributed by atoms with van der Waals surface area (Å²) in [6.45, 7) is 8.14. The largest absolute Gasteiger partial charge is 0.462 e. The first-order valence-corrected chi connectivity index (χ1v) is 14.3. The number of thiazole rings is 1. The molecule has 0 amide bonds. The maximum Gasteiger partial charge on any atom is 0.319 e. The molecule has 2 aliphatic rings. The summed E-state index contributed by atoms with van der Waals surface area (Å²) >= 11 is 1.25. The number of likely N-dealkylation sites (tertiary alicyclic amines) is 1. The lowest BCUT2D eigenvalue weighted by Crippen LogP contribution is -2.39. The molecular formula is C28H29F3N8O2S. The Morgan fingerprint density at radius 1 is 1.26 bits per heavy atom. The zero-order valence-electron chi connectivity index (χ0n) is 23.0. The van der Waals surface area contributed by atoms with Gasteiger partial charge in [-0.3, -0.25) is 4.90 Å². The van der Waals surface area contributed by atoms with Crippen LogP contribution in [0.4, 0.5) is 29.8 Å². The van der Waals surface area contributed by atoms with Gasteiger partial charge in [0.25, 0.3) is 5.92 Å². The summed E-state index contributed by atoms with van der Waals surface area (Å²) in [5.41, 5.74) is 6.64. The predicted molar refractivity (Wildman–Crippen MR) is 156 cm³/mol. The quantitative estimate of drug-likeness (QED) is 0.314. The number of para-hydroxylation sites is 1.